The highest BCUT2D eigenvalue weighted by atomic mass is 35.5. The molecule has 0 saturated carbocycles. The Morgan fingerprint density at radius 3 is 2.46 bits per heavy atom. The Bertz CT molecular complexity index is 963. The van der Waals surface area contributed by atoms with Crippen LogP contribution in [0.4, 0.5) is 15.8 Å². The molecule has 6 nitrogen and oxygen atoms in total. The van der Waals surface area contributed by atoms with Crippen LogP contribution in [0.2, 0.25) is 5.02 Å². The lowest BCUT2D eigenvalue weighted by Gasteiger charge is -2.22. The summed E-state index contributed by atoms with van der Waals surface area (Å²) in [4.78, 5) is 23.7. The molecule has 9 heteroatoms. The summed E-state index contributed by atoms with van der Waals surface area (Å²) in [6.45, 7) is 0.837. The predicted octanol–water partition coefficient (Wildman–Crippen LogP) is 3.09. The zero-order valence-corrected chi connectivity index (χ0v) is 15.6. The highest BCUT2D eigenvalue weighted by Gasteiger charge is 2.21. The van der Waals surface area contributed by atoms with Gasteiger partial charge in [-0.3, -0.25) is 13.9 Å². The quantitative estimate of drug-likeness (QED) is 0.758. The number of ketones is 1. The van der Waals surface area contributed by atoms with Crippen LogP contribution in [0.3, 0.4) is 0 Å². The fourth-order valence-electron chi connectivity index (χ4n) is 2.18. The van der Waals surface area contributed by atoms with Crippen LogP contribution in [0.25, 0.3) is 0 Å². The number of benzene rings is 2. The molecule has 0 aliphatic rings. The predicted molar refractivity (Wildman–Crippen MR) is 98.7 cm³/mol. The molecule has 0 spiro atoms. The molecule has 0 saturated heterocycles. The number of amides is 1. The molecular formula is C17H16ClFN2O4S. The third-order valence-electron chi connectivity index (χ3n) is 3.43. The van der Waals surface area contributed by atoms with E-state index in [0.29, 0.717) is 5.56 Å². The summed E-state index contributed by atoms with van der Waals surface area (Å²) in [5.74, 6) is -1.51. The summed E-state index contributed by atoms with van der Waals surface area (Å²) in [7, 11) is -3.79. The van der Waals surface area contributed by atoms with Crippen molar-refractivity contribution in [1.29, 1.82) is 0 Å². The first-order valence-corrected chi connectivity index (χ1v) is 9.64. The van der Waals surface area contributed by atoms with Crippen LogP contribution in [0.1, 0.15) is 17.3 Å². The molecule has 0 radical (unpaired) electrons. The van der Waals surface area contributed by atoms with E-state index in [-0.39, 0.29) is 22.2 Å². The second-order valence-corrected chi connectivity index (χ2v) is 7.87. The number of rotatable bonds is 6. The van der Waals surface area contributed by atoms with Crippen LogP contribution in [-0.4, -0.2) is 32.9 Å². The van der Waals surface area contributed by atoms with E-state index in [9.17, 15) is 22.4 Å². The summed E-state index contributed by atoms with van der Waals surface area (Å²) in [5, 5.41) is 2.29. The fraction of sp³-hybridized carbons (Fsp3) is 0.176. The lowest BCUT2D eigenvalue weighted by molar-refractivity contribution is -0.114. The second kappa shape index (κ2) is 7.84. The van der Waals surface area contributed by atoms with Gasteiger partial charge in [0.15, 0.2) is 5.78 Å². The zero-order chi connectivity index (χ0) is 19.5. The molecule has 0 aromatic heterocycles. The van der Waals surface area contributed by atoms with E-state index in [1.54, 1.807) is 6.07 Å². The first-order valence-electron chi connectivity index (χ1n) is 7.41. The van der Waals surface area contributed by atoms with E-state index < -0.39 is 28.3 Å². The van der Waals surface area contributed by atoms with Crippen LogP contribution in [-0.2, 0) is 14.8 Å². The zero-order valence-electron chi connectivity index (χ0n) is 14.0. The number of anilines is 2. The van der Waals surface area contributed by atoms with Crippen molar-refractivity contribution in [2.45, 2.75) is 6.92 Å². The number of halogens is 2. The molecule has 1 amide bonds. The maximum absolute atomic E-state index is 13.2. The summed E-state index contributed by atoms with van der Waals surface area (Å²) in [6.07, 6.45) is 0.954. The lowest BCUT2D eigenvalue weighted by Crippen LogP contribution is -2.37. The topological polar surface area (TPSA) is 83.6 Å². The molecule has 0 unspecified atom stereocenters. The molecule has 0 aliphatic carbocycles. The molecule has 2 rings (SSSR count). The van der Waals surface area contributed by atoms with Gasteiger partial charge in [0.05, 0.1) is 17.0 Å². The van der Waals surface area contributed by atoms with Crippen LogP contribution in [0.5, 0.6) is 0 Å². The number of Topliss-reactive ketones (excluding diaryl/α,β-unsaturated/α-hetero) is 1. The van der Waals surface area contributed by atoms with E-state index >= 15 is 0 Å². The Labute approximate surface area is 155 Å². The maximum atomic E-state index is 13.2. The Hall–Kier alpha value is -2.45. The van der Waals surface area contributed by atoms with Gasteiger partial charge in [0.25, 0.3) is 0 Å². The third kappa shape index (κ3) is 5.03. The number of carbonyl (C=O) groups excluding carboxylic acids is 2. The van der Waals surface area contributed by atoms with Crippen LogP contribution >= 0.6 is 11.6 Å². The van der Waals surface area contributed by atoms with E-state index in [0.717, 1.165) is 16.6 Å². The molecule has 1 N–H and O–H groups in total. The molecule has 26 heavy (non-hydrogen) atoms. The van der Waals surface area contributed by atoms with Crippen molar-refractivity contribution < 1.29 is 22.4 Å². The highest BCUT2D eigenvalue weighted by Crippen LogP contribution is 2.21. The monoisotopic (exact) mass is 398 g/mol. The number of nitrogens with zero attached hydrogens (tertiary/aromatic N) is 1. The van der Waals surface area contributed by atoms with Gasteiger partial charge in [0.1, 0.15) is 12.4 Å². The maximum Gasteiger partial charge on any atom is 0.245 e. The Morgan fingerprint density at radius 2 is 1.88 bits per heavy atom. The van der Waals surface area contributed by atoms with Gasteiger partial charge >= 0.3 is 0 Å². The van der Waals surface area contributed by atoms with Crippen molar-refractivity contribution >= 4 is 44.7 Å². The second-order valence-electron chi connectivity index (χ2n) is 5.55. The van der Waals surface area contributed by atoms with Crippen LogP contribution in [0.15, 0.2) is 42.5 Å². The van der Waals surface area contributed by atoms with Crippen LogP contribution < -0.4 is 9.62 Å². The number of carbonyl (C=O) groups is 2. The van der Waals surface area contributed by atoms with Crippen molar-refractivity contribution in [1.82, 2.24) is 0 Å². The summed E-state index contributed by atoms with van der Waals surface area (Å²) in [5.41, 5.74) is 0.738. The molecule has 138 valence electrons. The van der Waals surface area contributed by atoms with Gasteiger partial charge < -0.3 is 5.32 Å². The average molecular weight is 399 g/mol. The lowest BCUT2D eigenvalue weighted by atomic mass is 10.1. The van der Waals surface area contributed by atoms with Gasteiger partial charge in [-0.15, -0.1) is 0 Å². The molecule has 0 bridgehead atoms. The number of hydrogen-bond donors (Lipinski definition) is 1. The molecule has 0 aliphatic heterocycles. The molecule has 2 aromatic rings. The largest absolute Gasteiger partial charge is 0.324 e. The van der Waals surface area contributed by atoms with Crippen molar-refractivity contribution in [3.8, 4) is 0 Å². The third-order valence-corrected chi connectivity index (χ3v) is 4.86. The SMILES string of the molecule is CC(=O)c1cccc(N(CC(=O)Nc2ccc(F)c(Cl)c2)S(C)(=O)=O)c1. The molecule has 0 atom stereocenters. The van der Waals surface area contributed by atoms with Gasteiger partial charge in [-0.2, -0.15) is 0 Å². The van der Waals surface area contributed by atoms with Crippen molar-refractivity contribution in [2.24, 2.45) is 0 Å². The summed E-state index contributed by atoms with van der Waals surface area (Å²) in [6, 6.07) is 9.56. The minimum absolute atomic E-state index is 0.170. The van der Waals surface area contributed by atoms with Crippen molar-refractivity contribution in [2.75, 3.05) is 22.4 Å². The molecular weight excluding hydrogens is 383 g/mol. The molecule has 2 aromatic carbocycles. The Balaban J connectivity index is 2.25. The van der Waals surface area contributed by atoms with Crippen LogP contribution in [0, 0.1) is 5.82 Å². The van der Waals surface area contributed by atoms with E-state index in [4.69, 9.17) is 11.6 Å². The van der Waals surface area contributed by atoms with Crippen molar-refractivity contribution in [3.63, 3.8) is 0 Å². The Kier molecular flexibility index (Phi) is 5.99. The first kappa shape index (κ1) is 19.9. The van der Waals surface area contributed by atoms with E-state index in [1.165, 1.54) is 37.3 Å². The van der Waals surface area contributed by atoms with E-state index in [2.05, 4.69) is 5.32 Å². The normalized spacial score (nSPS) is 11.1. The molecule has 0 fully saturated rings. The van der Waals surface area contributed by atoms with Gasteiger partial charge in [-0.25, -0.2) is 12.8 Å². The highest BCUT2D eigenvalue weighted by molar-refractivity contribution is 7.92. The van der Waals surface area contributed by atoms with Gasteiger partial charge in [0.2, 0.25) is 15.9 Å². The fourth-order valence-corrected chi connectivity index (χ4v) is 3.21. The van der Waals surface area contributed by atoms with Gasteiger partial charge in [-0.05, 0) is 37.3 Å². The number of nitrogens with one attached hydrogen (secondary N) is 1. The van der Waals surface area contributed by atoms with E-state index in [1.807, 2.05) is 0 Å². The van der Waals surface area contributed by atoms with Crippen molar-refractivity contribution in [3.05, 3.63) is 58.9 Å². The summed E-state index contributed by atoms with van der Waals surface area (Å²) < 4.78 is 38.2. The average Bonchev–Trinajstić information content (AvgIpc) is 2.55. The molecule has 0 heterocycles. The minimum atomic E-state index is -3.79. The smallest absolute Gasteiger partial charge is 0.245 e. The Morgan fingerprint density at radius 1 is 1.19 bits per heavy atom. The number of hydrogen-bond acceptors (Lipinski definition) is 4. The number of sulfonamides is 1. The summed E-state index contributed by atoms with van der Waals surface area (Å²) >= 11 is 5.65. The standard InChI is InChI=1S/C17H16ClFN2O4S/c1-11(22)12-4-3-5-14(8-12)21(26(2,24)25)10-17(23)20-13-6-7-16(19)15(18)9-13/h3-9H,10H2,1-2H3,(H,20,23). The van der Waals surface area contributed by atoms with Gasteiger partial charge in [-0.1, -0.05) is 23.7 Å². The van der Waals surface area contributed by atoms with Gasteiger partial charge in [0, 0.05) is 11.3 Å². The minimum Gasteiger partial charge on any atom is -0.324 e. The first-order chi connectivity index (χ1) is 12.1.